The SMILES string of the molecule is CC(CO)NC(=O)Nc1cccc(S(=O)(=O)NC2CC2)c1. The average Bonchev–Trinajstić information content (AvgIpc) is 3.22. The summed E-state index contributed by atoms with van der Waals surface area (Å²) >= 11 is 0. The largest absolute Gasteiger partial charge is 0.394 e. The van der Waals surface area contributed by atoms with Crippen LogP contribution in [0.5, 0.6) is 0 Å². The summed E-state index contributed by atoms with van der Waals surface area (Å²) in [5.74, 6) is 0. The predicted molar refractivity (Wildman–Crippen MR) is 78.5 cm³/mol. The van der Waals surface area contributed by atoms with Crippen LogP contribution in [-0.2, 0) is 10.0 Å². The summed E-state index contributed by atoms with van der Waals surface area (Å²) in [5.41, 5.74) is 0.372. The Morgan fingerprint density at radius 1 is 1.43 bits per heavy atom. The molecule has 1 atom stereocenters. The fourth-order valence-electron chi connectivity index (χ4n) is 1.67. The number of amides is 2. The molecular formula is C13H19N3O4S. The molecule has 1 saturated carbocycles. The summed E-state index contributed by atoms with van der Waals surface area (Å²) in [4.78, 5) is 11.7. The van der Waals surface area contributed by atoms with Gasteiger partial charge >= 0.3 is 6.03 Å². The Hall–Kier alpha value is -1.64. The molecule has 0 heterocycles. The Morgan fingerprint density at radius 3 is 2.76 bits per heavy atom. The number of sulfonamides is 1. The maximum absolute atomic E-state index is 12.1. The van der Waals surface area contributed by atoms with Crippen LogP contribution in [-0.4, -0.2) is 38.2 Å². The van der Waals surface area contributed by atoms with Crippen LogP contribution < -0.4 is 15.4 Å². The highest BCUT2D eigenvalue weighted by Gasteiger charge is 2.28. The molecule has 0 spiro atoms. The van der Waals surface area contributed by atoms with Gasteiger partial charge in [-0.1, -0.05) is 6.07 Å². The highest BCUT2D eigenvalue weighted by molar-refractivity contribution is 7.89. The van der Waals surface area contributed by atoms with Crippen LogP contribution in [0.3, 0.4) is 0 Å². The zero-order valence-corrected chi connectivity index (χ0v) is 12.5. The maximum atomic E-state index is 12.1. The molecule has 1 fully saturated rings. The Labute approximate surface area is 123 Å². The molecule has 1 aromatic carbocycles. The van der Waals surface area contributed by atoms with E-state index in [-0.39, 0.29) is 23.6 Å². The molecule has 4 N–H and O–H groups in total. The van der Waals surface area contributed by atoms with E-state index >= 15 is 0 Å². The van der Waals surface area contributed by atoms with Gasteiger partial charge in [-0.2, -0.15) is 0 Å². The van der Waals surface area contributed by atoms with Crippen molar-refractivity contribution < 1.29 is 18.3 Å². The number of aliphatic hydroxyl groups excluding tert-OH is 1. The number of carbonyl (C=O) groups is 1. The van der Waals surface area contributed by atoms with E-state index in [1.807, 2.05) is 0 Å². The molecule has 0 saturated heterocycles. The van der Waals surface area contributed by atoms with Crippen molar-refractivity contribution in [2.24, 2.45) is 0 Å². The van der Waals surface area contributed by atoms with Gasteiger partial charge in [0.05, 0.1) is 17.5 Å². The zero-order chi connectivity index (χ0) is 15.5. The first kappa shape index (κ1) is 15.7. The fraction of sp³-hybridized carbons (Fsp3) is 0.462. The van der Waals surface area contributed by atoms with Gasteiger partial charge in [0.2, 0.25) is 10.0 Å². The first-order chi connectivity index (χ1) is 9.90. The first-order valence-electron chi connectivity index (χ1n) is 6.71. The highest BCUT2D eigenvalue weighted by Crippen LogP contribution is 2.23. The molecule has 21 heavy (non-hydrogen) atoms. The molecule has 1 aromatic rings. The second kappa shape index (κ2) is 6.42. The van der Waals surface area contributed by atoms with E-state index in [1.54, 1.807) is 19.1 Å². The van der Waals surface area contributed by atoms with E-state index in [0.29, 0.717) is 5.69 Å². The molecule has 1 aliphatic carbocycles. The third kappa shape index (κ3) is 4.69. The van der Waals surface area contributed by atoms with Crippen LogP contribution in [0, 0.1) is 0 Å². The van der Waals surface area contributed by atoms with Gasteiger partial charge in [0.15, 0.2) is 0 Å². The lowest BCUT2D eigenvalue weighted by molar-refractivity contribution is 0.229. The van der Waals surface area contributed by atoms with Crippen molar-refractivity contribution in [2.75, 3.05) is 11.9 Å². The van der Waals surface area contributed by atoms with E-state index in [2.05, 4.69) is 15.4 Å². The van der Waals surface area contributed by atoms with Crippen LogP contribution in [0.2, 0.25) is 0 Å². The number of urea groups is 1. The third-order valence-corrected chi connectivity index (χ3v) is 4.47. The minimum Gasteiger partial charge on any atom is -0.394 e. The smallest absolute Gasteiger partial charge is 0.319 e. The summed E-state index contributed by atoms with van der Waals surface area (Å²) < 4.78 is 26.7. The Bertz CT molecular complexity index is 614. The van der Waals surface area contributed by atoms with Gasteiger partial charge in [-0.15, -0.1) is 0 Å². The van der Waals surface area contributed by atoms with Crippen LogP contribution in [0.25, 0.3) is 0 Å². The maximum Gasteiger partial charge on any atom is 0.319 e. The number of aliphatic hydroxyl groups is 1. The standard InChI is InChI=1S/C13H19N3O4S/c1-9(8-17)14-13(18)15-11-3-2-4-12(7-11)21(19,20)16-10-5-6-10/h2-4,7,9-10,16-17H,5-6,8H2,1H3,(H2,14,15,18). The zero-order valence-electron chi connectivity index (χ0n) is 11.7. The molecule has 116 valence electrons. The molecule has 0 radical (unpaired) electrons. The summed E-state index contributed by atoms with van der Waals surface area (Å²) in [6.45, 7) is 1.48. The Balaban J connectivity index is 2.05. The van der Waals surface area contributed by atoms with Crippen molar-refractivity contribution in [1.29, 1.82) is 0 Å². The number of anilines is 1. The summed E-state index contributed by atoms with van der Waals surface area (Å²) in [5, 5.41) is 13.9. The lowest BCUT2D eigenvalue weighted by Crippen LogP contribution is -2.38. The number of carbonyl (C=O) groups excluding carboxylic acids is 1. The van der Waals surface area contributed by atoms with Crippen molar-refractivity contribution in [3.63, 3.8) is 0 Å². The number of hydrogen-bond donors (Lipinski definition) is 4. The van der Waals surface area contributed by atoms with Gasteiger partial charge in [-0.3, -0.25) is 0 Å². The molecule has 2 rings (SSSR count). The first-order valence-corrected chi connectivity index (χ1v) is 8.20. The Morgan fingerprint density at radius 2 is 2.14 bits per heavy atom. The lowest BCUT2D eigenvalue weighted by atomic mass is 10.3. The van der Waals surface area contributed by atoms with Gasteiger partial charge in [-0.05, 0) is 38.0 Å². The highest BCUT2D eigenvalue weighted by atomic mass is 32.2. The number of nitrogens with one attached hydrogen (secondary N) is 3. The van der Waals surface area contributed by atoms with Crippen molar-refractivity contribution in [3.05, 3.63) is 24.3 Å². The van der Waals surface area contributed by atoms with Crippen LogP contribution >= 0.6 is 0 Å². The van der Waals surface area contributed by atoms with E-state index in [9.17, 15) is 13.2 Å². The molecule has 0 bridgehead atoms. The van der Waals surface area contributed by atoms with Gasteiger partial charge in [0.25, 0.3) is 0 Å². The molecule has 8 heteroatoms. The van der Waals surface area contributed by atoms with Crippen molar-refractivity contribution in [3.8, 4) is 0 Å². The van der Waals surface area contributed by atoms with Gasteiger partial charge in [0, 0.05) is 11.7 Å². The van der Waals surface area contributed by atoms with Crippen molar-refractivity contribution in [1.82, 2.24) is 10.0 Å². The van der Waals surface area contributed by atoms with Crippen molar-refractivity contribution in [2.45, 2.75) is 36.7 Å². The predicted octanol–water partition coefficient (Wildman–Crippen LogP) is 0.630. The number of benzene rings is 1. The molecule has 1 aliphatic rings. The van der Waals surface area contributed by atoms with Crippen molar-refractivity contribution >= 4 is 21.7 Å². The van der Waals surface area contributed by atoms with E-state index in [0.717, 1.165) is 12.8 Å². The molecule has 2 amide bonds. The summed E-state index contributed by atoms with van der Waals surface area (Å²) in [6, 6.07) is 5.18. The van der Waals surface area contributed by atoms with Crippen LogP contribution in [0.4, 0.5) is 10.5 Å². The molecule has 1 unspecified atom stereocenters. The minimum atomic E-state index is -3.54. The van der Waals surface area contributed by atoms with E-state index in [4.69, 9.17) is 5.11 Å². The third-order valence-electron chi connectivity index (χ3n) is 2.95. The van der Waals surface area contributed by atoms with Crippen LogP contribution in [0.1, 0.15) is 19.8 Å². The second-order valence-electron chi connectivity index (χ2n) is 5.11. The monoisotopic (exact) mass is 313 g/mol. The van der Waals surface area contributed by atoms with Gasteiger partial charge in [0.1, 0.15) is 0 Å². The number of rotatable bonds is 6. The second-order valence-corrected chi connectivity index (χ2v) is 6.82. The fourth-order valence-corrected chi connectivity index (χ4v) is 3.02. The topological polar surface area (TPSA) is 108 Å². The molecule has 0 aromatic heterocycles. The van der Waals surface area contributed by atoms with Gasteiger partial charge in [-0.25, -0.2) is 17.9 Å². The minimum absolute atomic E-state index is 0.0281. The molecule has 7 nitrogen and oxygen atoms in total. The molecule has 0 aliphatic heterocycles. The van der Waals surface area contributed by atoms with Gasteiger partial charge < -0.3 is 15.7 Å². The lowest BCUT2D eigenvalue weighted by Gasteiger charge is -2.13. The average molecular weight is 313 g/mol. The summed E-state index contributed by atoms with van der Waals surface area (Å²) in [7, 11) is -3.54. The van der Waals surface area contributed by atoms with E-state index in [1.165, 1.54) is 12.1 Å². The van der Waals surface area contributed by atoms with Crippen LogP contribution in [0.15, 0.2) is 29.2 Å². The summed E-state index contributed by atoms with van der Waals surface area (Å²) in [6.07, 6.45) is 1.72. The normalized spacial score (nSPS) is 16.3. The van der Waals surface area contributed by atoms with E-state index < -0.39 is 16.1 Å². The molecular weight excluding hydrogens is 294 g/mol. The quantitative estimate of drug-likeness (QED) is 0.618. The Kier molecular flexibility index (Phi) is 4.81. The number of hydrogen-bond acceptors (Lipinski definition) is 4.